The number of hydrogen-bond acceptors (Lipinski definition) is 4. The molecule has 29 heavy (non-hydrogen) atoms. The second-order valence-corrected chi connectivity index (χ2v) is 7.61. The Morgan fingerprint density at radius 1 is 0.966 bits per heavy atom. The van der Waals surface area contributed by atoms with Gasteiger partial charge in [-0.05, 0) is 73.5 Å². The highest BCUT2D eigenvalue weighted by atomic mass is 19.1. The molecule has 0 radical (unpaired) electrons. The summed E-state index contributed by atoms with van der Waals surface area (Å²) in [6.07, 6.45) is 7.73. The van der Waals surface area contributed by atoms with E-state index >= 15 is 0 Å². The van der Waals surface area contributed by atoms with E-state index in [-0.39, 0.29) is 5.82 Å². The van der Waals surface area contributed by atoms with Crippen molar-refractivity contribution in [3.63, 3.8) is 0 Å². The Morgan fingerprint density at radius 2 is 1.79 bits per heavy atom. The number of rotatable bonds is 4. The maximum Gasteiger partial charge on any atom is 0.155 e. The van der Waals surface area contributed by atoms with Gasteiger partial charge in [0.05, 0.1) is 0 Å². The minimum absolute atomic E-state index is 0.236. The minimum Gasteiger partial charge on any atom is -0.299 e. The van der Waals surface area contributed by atoms with Crippen LogP contribution in [0.5, 0.6) is 0 Å². The van der Waals surface area contributed by atoms with Gasteiger partial charge in [0, 0.05) is 36.6 Å². The summed E-state index contributed by atoms with van der Waals surface area (Å²) in [6.45, 7) is 3.04. The monoisotopic (exact) mass is 387 g/mol. The predicted molar refractivity (Wildman–Crippen MR) is 110 cm³/mol. The van der Waals surface area contributed by atoms with Gasteiger partial charge < -0.3 is 0 Å². The lowest BCUT2D eigenvalue weighted by Crippen LogP contribution is -2.32. The SMILES string of the molecule is Fc1cccc(-c2ccc3nc(C4CCN(Cc5ccncc5)CC4)nn3c2)c1. The highest BCUT2D eigenvalue weighted by Gasteiger charge is 2.24. The molecule has 0 spiro atoms. The molecule has 3 aromatic heterocycles. The predicted octanol–water partition coefficient (Wildman–Crippen LogP) is 4.31. The molecule has 0 aliphatic carbocycles. The Hall–Kier alpha value is -3.12. The van der Waals surface area contributed by atoms with Gasteiger partial charge in [-0.1, -0.05) is 12.1 Å². The van der Waals surface area contributed by atoms with Crippen LogP contribution in [-0.4, -0.2) is 37.6 Å². The fourth-order valence-corrected chi connectivity index (χ4v) is 4.01. The Morgan fingerprint density at radius 3 is 2.59 bits per heavy atom. The molecule has 0 amide bonds. The van der Waals surface area contributed by atoms with Crippen molar-refractivity contribution in [1.29, 1.82) is 0 Å². The second kappa shape index (κ2) is 7.72. The van der Waals surface area contributed by atoms with Gasteiger partial charge in [-0.3, -0.25) is 9.88 Å². The first-order chi connectivity index (χ1) is 14.2. The van der Waals surface area contributed by atoms with Gasteiger partial charge in [-0.25, -0.2) is 13.9 Å². The summed E-state index contributed by atoms with van der Waals surface area (Å²) in [5, 5.41) is 4.74. The van der Waals surface area contributed by atoms with Gasteiger partial charge in [-0.2, -0.15) is 5.10 Å². The molecule has 4 heterocycles. The normalized spacial score (nSPS) is 15.8. The lowest BCUT2D eigenvalue weighted by molar-refractivity contribution is 0.202. The topological polar surface area (TPSA) is 46.3 Å². The molecule has 5 nitrogen and oxygen atoms in total. The Labute approximate surface area is 168 Å². The standard InChI is InChI=1S/C23H22FN5/c24-21-3-1-2-19(14-21)20-4-5-22-26-23(27-29(22)16-20)18-8-12-28(13-9-18)15-17-6-10-25-11-7-17/h1-7,10-11,14,16,18H,8-9,12-13,15H2. The number of pyridine rings is 2. The molecule has 146 valence electrons. The molecule has 0 atom stereocenters. The number of benzene rings is 1. The van der Waals surface area contributed by atoms with Gasteiger partial charge in [0.2, 0.25) is 0 Å². The van der Waals surface area contributed by atoms with Crippen LogP contribution in [0.2, 0.25) is 0 Å². The van der Waals surface area contributed by atoms with Gasteiger partial charge in [-0.15, -0.1) is 0 Å². The van der Waals surface area contributed by atoms with E-state index in [1.165, 1.54) is 17.7 Å². The molecule has 0 bridgehead atoms. The van der Waals surface area contributed by atoms with E-state index in [1.807, 2.05) is 41.3 Å². The highest BCUT2D eigenvalue weighted by molar-refractivity contribution is 5.64. The van der Waals surface area contributed by atoms with Crippen molar-refractivity contribution in [1.82, 2.24) is 24.5 Å². The van der Waals surface area contributed by atoms with Gasteiger partial charge in [0.15, 0.2) is 11.5 Å². The number of likely N-dealkylation sites (tertiary alicyclic amines) is 1. The number of nitrogens with zero attached hydrogens (tertiary/aromatic N) is 5. The fraction of sp³-hybridized carbons (Fsp3) is 0.261. The molecular weight excluding hydrogens is 365 g/mol. The number of fused-ring (bicyclic) bond motifs is 1. The van der Waals surface area contributed by atoms with E-state index in [4.69, 9.17) is 10.1 Å². The summed E-state index contributed by atoms with van der Waals surface area (Å²) in [6, 6.07) is 14.7. The van der Waals surface area contributed by atoms with Crippen LogP contribution in [0.3, 0.4) is 0 Å². The van der Waals surface area contributed by atoms with Crippen LogP contribution in [0, 0.1) is 5.82 Å². The molecule has 1 aromatic carbocycles. The van der Waals surface area contributed by atoms with Crippen molar-refractivity contribution < 1.29 is 4.39 Å². The van der Waals surface area contributed by atoms with Crippen LogP contribution in [0.4, 0.5) is 4.39 Å². The summed E-state index contributed by atoms with van der Waals surface area (Å²) < 4.78 is 15.4. The summed E-state index contributed by atoms with van der Waals surface area (Å²) in [4.78, 5) is 11.3. The van der Waals surface area contributed by atoms with Crippen molar-refractivity contribution >= 4 is 5.65 Å². The number of piperidine rings is 1. The van der Waals surface area contributed by atoms with Crippen molar-refractivity contribution in [3.8, 4) is 11.1 Å². The quantitative estimate of drug-likeness (QED) is 0.524. The summed E-state index contributed by atoms with van der Waals surface area (Å²) in [5.74, 6) is 1.05. The van der Waals surface area contributed by atoms with Crippen LogP contribution < -0.4 is 0 Å². The second-order valence-electron chi connectivity index (χ2n) is 7.61. The lowest BCUT2D eigenvalue weighted by Gasteiger charge is -2.30. The van der Waals surface area contributed by atoms with Gasteiger partial charge >= 0.3 is 0 Å². The third kappa shape index (κ3) is 3.89. The summed E-state index contributed by atoms with van der Waals surface area (Å²) >= 11 is 0. The maximum absolute atomic E-state index is 13.5. The number of aromatic nitrogens is 4. The molecule has 1 fully saturated rings. The van der Waals surface area contributed by atoms with Gasteiger partial charge in [0.25, 0.3) is 0 Å². The van der Waals surface area contributed by atoms with Crippen LogP contribution >= 0.6 is 0 Å². The van der Waals surface area contributed by atoms with Crippen molar-refractivity contribution in [2.24, 2.45) is 0 Å². The Balaban J connectivity index is 1.30. The van der Waals surface area contributed by atoms with E-state index < -0.39 is 0 Å². The van der Waals surface area contributed by atoms with Crippen molar-refractivity contribution in [2.75, 3.05) is 13.1 Å². The zero-order valence-corrected chi connectivity index (χ0v) is 16.1. The van der Waals surface area contributed by atoms with Crippen molar-refractivity contribution in [2.45, 2.75) is 25.3 Å². The zero-order valence-electron chi connectivity index (χ0n) is 16.1. The first kappa shape index (κ1) is 17.9. The molecule has 1 aliphatic rings. The van der Waals surface area contributed by atoms with Crippen molar-refractivity contribution in [3.05, 3.63) is 84.3 Å². The first-order valence-electron chi connectivity index (χ1n) is 9.98. The van der Waals surface area contributed by atoms with Crippen LogP contribution in [0.15, 0.2) is 67.1 Å². The minimum atomic E-state index is -0.236. The summed E-state index contributed by atoms with van der Waals surface area (Å²) in [7, 11) is 0. The molecule has 1 aliphatic heterocycles. The molecule has 1 saturated heterocycles. The van der Waals surface area contributed by atoms with E-state index in [1.54, 1.807) is 6.07 Å². The first-order valence-corrected chi connectivity index (χ1v) is 9.98. The molecule has 4 aromatic rings. The largest absolute Gasteiger partial charge is 0.299 e. The summed E-state index contributed by atoms with van der Waals surface area (Å²) in [5.41, 5.74) is 3.91. The molecule has 5 rings (SSSR count). The van der Waals surface area contributed by atoms with Crippen LogP contribution in [0.1, 0.15) is 30.1 Å². The molecule has 0 saturated carbocycles. The van der Waals surface area contributed by atoms with Crippen LogP contribution in [0.25, 0.3) is 16.8 Å². The average molecular weight is 387 g/mol. The Kier molecular flexibility index (Phi) is 4.77. The zero-order chi connectivity index (χ0) is 19.6. The maximum atomic E-state index is 13.5. The lowest BCUT2D eigenvalue weighted by atomic mass is 9.96. The molecule has 6 heteroatoms. The van der Waals surface area contributed by atoms with E-state index in [9.17, 15) is 4.39 Å². The Bertz CT molecular complexity index is 1120. The smallest absolute Gasteiger partial charge is 0.155 e. The number of hydrogen-bond donors (Lipinski definition) is 0. The van der Waals surface area contributed by atoms with E-state index in [2.05, 4.69) is 22.0 Å². The average Bonchev–Trinajstić information content (AvgIpc) is 3.18. The van der Waals surface area contributed by atoms with E-state index in [0.717, 1.165) is 55.1 Å². The molecule has 0 unspecified atom stereocenters. The third-order valence-electron chi connectivity index (χ3n) is 5.61. The molecular formula is C23H22FN5. The van der Waals surface area contributed by atoms with Gasteiger partial charge in [0.1, 0.15) is 5.82 Å². The molecule has 0 N–H and O–H groups in total. The fourth-order valence-electron chi connectivity index (χ4n) is 4.01. The number of halogens is 1. The van der Waals surface area contributed by atoms with Crippen LogP contribution in [-0.2, 0) is 6.54 Å². The highest BCUT2D eigenvalue weighted by Crippen LogP contribution is 2.28. The third-order valence-corrected chi connectivity index (χ3v) is 5.61. The van der Waals surface area contributed by atoms with E-state index in [0.29, 0.717) is 5.92 Å².